The number of hydrogen-bond donors (Lipinski definition) is 1. The molecule has 0 saturated heterocycles. The van der Waals surface area contributed by atoms with E-state index < -0.39 is 12.2 Å². The van der Waals surface area contributed by atoms with Crippen molar-refractivity contribution in [2.75, 3.05) is 5.32 Å². The molecule has 0 bridgehead atoms. The van der Waals surface area contributed by atoms with Crippen LogP contribution in [0, 0.1) is 6.92 Å². The molecule has 0 aliphatic carbocycles. The van der Waals surface area contributed by atoms with Crippen LogP contribution >= 0.6 is 0 Å². The number of carbonyl (C=O) groups excluding carboxylic acids is 1. The molecule has 1 amide bonds. The molecular weight excluding hydrogens is 340 g/mol. The number of ether oxygens (including phenoxy) is 1. The van der Waals surface area contributed by atoms with Crippen molar-refractivity contribution in [1.29, 1.82) is 0 Å². The highest BCUT2D eigenvalue weighted by Crippen LogP contribution is 2.28. The Hall–Kier alpha value is -3.54. The minimum absolute atomic E-state index is 0.311. The summed E-state index contributed by atoms with van der Waals surface area (Å²) in [7, 11) is 0. The van der Waals surface area contributed by atoms with Crippen LogP contribution in [-0.4, -0.2) is 22.3 Å². The second kappa shape index (κ2) is 8.71. The number of aryl methyl sites for hydroxylation is 1. The van der Waals surface area contributed by atoms with Gasteiger partial charge in [0.25, 0.3) is 0 Å². The highest BCUT2D eigenvalue weighted by Gasteiger charge is 2.20. The number of amides is 1. The molecule has 1 aromatic heterocycles. The van der Waals surface area contributed by atoms with Gasteiger partial charge in [-0.05, 0) is 25.0 Å². The molecule has 0 unspecified atom stereocenters. The molecule has 0 aliphatic heterocycles. The lowest BCUT2D eigenvalue weighted by atomic mass is 10.0. The number of rotatable bonds is 5. The normalized spacial score (nSPS) is 10.9. The van der Waals surface area contributed by atoms with Crippen molar-refractivity contribution in [2.24, 2.45) is 4.99 Å². The van der Waals surface area contributed by atoms with Gasteiger partial charge in [-0.25, -0.2) is 14.8 Å². The van der Waals surface area contributed by atoms with Crippen molar-refractivity contribution >= 4 is 23.8 Å². The number of nitrogens with one attached hydrogen (secondary N) is 1. The molecule has 0 radical (unpaired) electrons. The first-order valence-corrected chi connectivity index (χ1v) is 8.57. The summed E-state index contributed by atoms with van der Waals surface area (Å²) in [6.45, 7) is 3.59. The molecule has 0 fully saturated rings. The van der Waals surface area contributed by atoms with Gasteiger partial charge in [-0.15, -0.1) is 0 Å². The van der Waals surface area contributed by atoms with E-state index in [1.54, 1.807) is 20.1 Å². The number of benzene rings is 2. The molecule has 1 heterocycles. The third-order valence-electron chi connectivity index (χ3n) is 3.91. The minimum Gasteiger partial charge on any atom is -0.436 e. The second-order valence-electron chi connectivity index (χ2n) is 5.78. The highest BCUT2D eigenvalue weighted by molar-refractivity contribution is 5.88. The van der Waals surface area contributed by atoms with Gasteiger partial charge in [0.2, 0.25) is 0 Å². The molecule has 0 atom stereocenters. The Labute approximate surface area is 158 Å². The molecule has 0 aliphatic rings. The first-order chi connectivity index (χ1) is 13.2. The zero-order valence-electron chi connectivity index (χ0n) is 15.2. The predicted molar refractivity (Wildman–Crippen MR) is 105 cm³/mol. The average molecular weight is 360 g/mol. The Morgan fingerprint density at radius 3 is 2.19 bits per heavy atom. The fraction of sp³-hybridized carbons (Fsp3) is 0.143. The number of hydrogen-bond acceptors (Lipinski definition) is 5. The van der Waals surface area contributed by atoms with Crippen LogP contribution in [0.25, 0.3) is 0 Å². The van der Waals surface area contributed by atoms with Crippen LogP contribution in [0.2, 0.25) is 0 Å². The Morgan fingerprint density at radius 1 is 1.04 bits per heavy atom. The van der Waals surface area contributed by atoms with E-state index >= 15 is 0 Å². The summed E-state index contributed by atoms with van der Waals surface area (Å²) in [5.41, 5.74) is 2.93. The van der Waals surface area contributed by atoms with Crippen molar-refractivity contribution in [3.63, 3.8) is 0 Å². The van der Waals surface area contributed by atoms with E-state index in [-0.39, 0.29) is 0 Å². The summed E-state index contributed by atoms with van der Waals surface area (Å²) in [6.07, 6.45) is 1.86. The summed E-state index contributed by atoms with van der Waals surface area (Å²) in [5, 5.41) is 2.68. The first-order valence-electron chi connectivity index (χ1n) is 8.57. The molecular formula is C21H20N4O2. The number of aliphatic imine (C=N–C) groups is 1. The lowest BCUT2D eigenvalue weighted by Gasteiger charge is -2.19. The van der Waals surface area contributed by atoms with Crippen LogP contribution in [0.5, 0.6) is 0 Å². The van der Waals surface area contributed by atoms with Gasteiger partial charge in [-0.2, -0.15) is 0 Å². The Bertz CT molecular complexity index is 888. The molecule has 6 nitrogen and oxygen atoms in total. The molecule has 136 valence electrons. The maximum atomic E-state index is 12.6. The Kier molecular flexibility index (Phi) is 5.89. The smallest absolute Gasteiger partial charge is 0.413 e. The van der Waals surface area contributed by atoms with E-state index in [1.807, 2.05) is 60.7 Å². The summed E-state index contributed by atoms with van der Waals surface area (Å²) >= 11 is 0. The highest BCUT2D eigenvalue weighted by atomic mass is 16.6. The van der Waals surface area contributed by atoms with Gasteiger partial charge in [-0.3, -0.25) is 10.3 Å². The lowest BCUT2D eigenvalue weighted by Crippen LogP contribution is -2.19. The summed E-state index contributed by atoms with van der Waals surface area (Å²) in [6, 6.07) is 19.2. The molecule has 1 N–H and O–H groups in total. The van der Waals surface area contributed by atoms with E-state index in [0.717, 1.165) is 11.1 Å². The molecule has 2 aromatic carbocycles. The fourth-order valence-electron chi connectivity index (χ4n) is 2.66. The molecule has 0 saturated carbocycles. The SMILES string of the molecule is CC=Nc1c(C)ncnc1NC(=O)OC(c1ccccc1)c1ccccc1. The largest absolute Gasteiger partial charge is 0.436 e. The van der Waals surface area contributed by atoms with Crippen LogP contribution in [0.3, 0.4) is 0 Å². The van der Waals surface area contributed by atoms with Crippen molar-refractivity contribution in [3.8, 4) is 0 Å². The molecule has 0 spiro atoms. The topological polar surface area (TPSA) is 76.5 Å². The lowest BCUT2D eigenvalue weighted by molar-refractivity contribution is 0.131. The third-order valence-corrected chi connectivity index (χ3v) is 3.91. The number of aromatic nitrogens is 2. The second-order valence-corrected chi connectivity index (χ2v) is 5.78. The maximum Gasteiger partial charge on any atom is 0.413 e. The van der Waals surface area contributed by atoms with Gasteiger partial charge < -0.3 is 4.74 Å². The summed E-state index contributed by atoms with van der Waals surface area (Å²) < 4.78 is 5.74. The standard InChI is InChI=1S/C21H20N4O2/c1-3-22-18-15(2)23-14-24-20(18)25-21(26)27-19(16-10-6-4-7-11-16)17-12-8-5-9-13-17/h3-14,19H,1-2H3,(H,23,24,25,26). The zero-order valence-corrected chi connectivity index (χ0v) is 15.2. The van der Waals surface area contributed by atoms with Crippen molar-refractivity contribution < 1.29 is 9.53 Å². The van der Waals surface area contributed by atoms with Gasteiger partial charge in [0.15, 0.2) is 11.9 Å². The summed E-state index contributed by atoms with van der Waals surface area (Å²) in [5.74, 6) is 0.311. The Balaban J connectivity index is 1.85. The van der Waals surface area contributed by atoms with E-state index in [0.29, 0.717) is 17.2 Å². The van der Waals surface area contributed by atoms with Crippen LogP contribution in [0.15, 0.2) is 72.0 Å². The molecule has 3 aromatic rings. The van der Waals surface area contributed by atoms with E-state index in [9.17, 15) is 4.79 Å². The molecule has 27 heavy (non-hydrogen) atoms. The van der Waals surface area contributed by atoms with Crippen molar-refractivity contribution in [1.82, 2.24) is 9.97 Å². The Morgan fingerprint density at radius 2 is 1.63 bits per heavy atom. The van der Waals surface area contributed by atoms with Gasteiger partial charge in [0.1, 0.15) is 12.0 Å². The van der Waals surface area contributed by atoms with Crippen LogP contribution in [-0.2, 0) is 4.74 Å². The molecule has 6 heteroatoms. The number of anilines is 1. The van der Waals surface area contributed by atoms with Crippen LogP contribution < -0.4 is 5.32 Å². The van der Waals surface area contributed by atoms with Crippen molar-refractivity contribution in [2.45, 2.75) is 20.0 Å². The quantitative estimate of drug-likeness (QED) is 0.660. The van der Waals surface area contributed by atoms with Gasteiger partial charge in [-0.1, -0.05) is 60.7 Å². The average Bonchev–Trinajstić information content (AvgIpc) is 2.70. The predicted octanol–water partition coefficient (Wildman–Crippen LogP) is 4.85. The van der Waals surface area contributed by atoms with Crippen LogP contribution in [0.1, 0.15) is 29.8 Å². The fourth-order valence-corrected chi connectivity index (χ4v) is 2.66. The number of carbonyl (C=O) groups is 1. The van der Waals surface area contributed by atoms with Crippen LogP contribution in [0.4, 0.5) is 16.3 Å². The van der Waals surface area contributed by atoms with E-state index in [2.05, 4.69) is 20.3 Å². The monoisotopic (exact) mass is 360 g/mol. The van der Waals surface area contributed by atoms with Gasteiger partial charge in [0, 0.05) is 6.21 Å². The molecule has 3 rings (SSSR count). The summed E-state index contributed by atoms with van der Waals surface area (Å²) in [4.78, 5) is 25.0. The van der Waals surface area contributed by atoms with Gasteiger partial charge >= 0.3 is 6.09 Å². The van der Waals surface area contributed by atoms with Crippen molar-refractivity contribution in [3.05, 3.63) is 83.8 Å². The first kappa shape index (κ1) is 18.3. The van der Waals surface area contributed by atoms with E-state index in [1.165, 1.54) is 6.33 Å². The van der Waals surface area contributed by atoms with E-state index in [4.69, 9.17) is 4.74 Å². The number of nitrogens with zero attached hydrogens (tertiary/aromatic N) is 3. The zero-order chi connectivity index (χ0) is 19.1. The minimum atomic E-state index is -0.613. The third kappa shape index (κ3) is 4.55. The van der Waals surface area contributed by atoms with Gasteiger partial charge in [0.05, 0.1) is 5.69 Å². The maximum absolute atomic E-state index is 12.6.